The standard InChI is InChI=1S/C22H21FO4S2/c1-17(18-9-8-10-19(23)16-18)15-22(28(24,25)20-11-4-2-5-12-20)29(26,27)21-13-6-3-7-14-21/h2-14,16-17,22H,15H2,1H3. The molecule has 0 saturated heterocycles. The van der Waals surface area contributed by atoms with Crippen LogP contribution in [0.1, 0.15) is 24.8 Å². The van der Waals surface area contributed by atoms with E-state index in [9.17, 15) is 21.2 Å². The molecule has 3 rings (SSSR count). The van der Waals surface area contributed by atoms with Crippen LogP contribution >= 0.6 is 0 Å². The minimum atomic E-state index is -4.20. The molecule has 1 atom stereocenters. The predicted octanol–water partition coefficient (Wildman–Crippen LogP) is 4.59. The summed E-state index contributed by atoms with van der Waals surface area (Å²) < 4.78 is 65.3. The van der Waals surface area contributed by atoms with Crippen LogP contribution in [0.5, 0.6) is 0 Å². The summed E-state index contributed by atoms with van der Waals surface area (Å²) in [6.07, 6.45) is -0.197. The number of rotatable bonds is 7. The lowest BCUT2D eigenvalue weighted by Crippen LogP contribution is -2.32. The lowest BCUT2D eigenvalue weighted by Gasteiger charge is -2.22. The topological polar surface area (TPSA) is 68.3 Å². The molecule has 0 saturated carbocycles. The molecule has 3 aromatic rings. The first-order valence-electron chi connectivity index (χ1n) is 9.06. The summed E-state index contributed by atoms with van der Waals surface area (Å²) in [5.41, 5.74) is 0.543. The van der Waals surface area contributed by atoms with Crippen molar-refractivity contribution in [2.45, 2.75) is 33.6 Å². The fourth-order valence-corrected chi connectivity index (χ4v) is 7.95. The molecule has 0 heterocycles. The molecule has 7 heteroatoms. The highest BCUT2D eigenvalue weighted by Gasteiger charge is 2.40. The number of sulfone groups is 2. The molecule has 3 aromatic carbocycles. The van der Waals surface area contributed by atoms with Crippen LogP contribution in [0.15, 0.2) is 94.7 Å². The van der Waals surface area contributed by atoms with Crippen LogP contribution in [0.4, 0.5) is 4.39 Å². The first kappa shape index (κ1) is 21.2. The molecule has 29 heavy (non-hydrogen) atoms. The van der Waals surface area contributed by atoms with Crippen molar-refractivity contribution < 1.29 is 21.2 Å². The fourth-order valence-electron chi connectivity index (χ4n) is 3.18. The van der Waals surface area contributed by atoms with E-state index in [2.05, 4.69) is 0 Å². The zero-order chi connectivity index (χ0) is 21.1. The summed E-state index contributed by atoms with van der Waals surface area (Å²) >= 11 is 0. The third-order valence-corrected chi connectivity index (χ3v) is 9.95. The van der Waals surface area contributed by atoms with Crippen LogP contribution in [0.25, 0.3) is 0 Å². The Morgan fingerprint density at radius 3 is 1.66 bits per heavy atom. The normalized spacial score (nSPS) is 13.3. The quantitative estimate of drug-likeness (QED) is 0.547. The molecule has 0 radical (unpaired) electrons. The molecule has 1 unspecified atom stereocenters. The molecular weight excluding hydrogens is 411 g/mol. The van der Waals surface area contributed by atoms with E-state index in [0.29, 0.717) is 5.56 Å². The van der Waals surface area contributed by atoms with E-state index in [4.69, 9.17) is 0 Å². The second-order valence-electron chi connectivity index (χ2n) is 6.84. The molecule has 0 N–H and O–H groups in total. The van der Waals surface area contributed by atoms with E-state index in [0.717, 1.165) is 0 Å². The zero-order valence-electron chi connectivity index (χ0n) is 15.8. The van der Waals surface area contributed by atoms with Gasteiger partial charge >= 0.3 is 0 Å². The molecule has 0 aliphatic rings. The highest BCUT2D eigenvalue weighted by Crippen LogP contribution is 2.33. The van der Waals surface area contributed by atoms with Gasteiger partial charge in [0.25, 0.3) is 0 Å². The van der Waals surface area contributed by atoms with Gasteiger partial charge < -0.3 is 0 Å². The number of halogens is 1. The third-order valence-electron chi connectivity index (χ3n) is 4.80. The van der Waals surface area contributed by atoms with Gasteiger partial charge in [0.15, 0.2) is 24.3 Å². The second kappa shape index (κ2) is 8.47. The highest BCUT2D eigenvalue weighted by atomic mass is 32.3. The molecular formula is C22H21FO4S2. The Bertz CT molecular complexity index is 1110. The molecule has 4 nitrogen and oxygen atoms in total. The van der Waals surface area contributed by atoms with Gasteiger partial charge in [-0.15, -0.1) is 0 Å². The van der Waals surface area contributed by atoms with Crippen molar-refractivity contribution in [3.63, 3.8) is 0 Å². The fraction of sp³-hybridized carbons (Fsp3) is 0.182. The van der Waals surface area contributed by atoms with Crippen molar-refractivity contribution in [1.82, 2.24) is 0 Å². The Morgan fingerprint density at radius 1 is 0.724 bits per heavy atom. The van der Waals surface area contributed by atoms with Gasteiger partial charge in [0.2, 0.25) is 0 Å². The summed E-state index contributed by atoms with van der Waals surface area (Å²) in [7, 11) is -8.40. The molecule has 0 bridgehead atoms. The van der Waals surface area contributed by atoms with Crippen LogP contribution in [0.3, 0.4) is 0 Å². The SMILES string of the molecule is CC(CC(S(=O)(=O)c1ccccc1)S(=O)(=O)c1ccccc1)c1cccc(F)c1. The maximum atomic E-state index is 13.6. The van der Waals surface area contributed by atoms with Crippen LogP contribution in [-0.2, 0) is 19.7 Å². The third kappa shape index (κ3) is 4.57. The predicted molar refractivity (Wildman–Crippen MR) is 110 cm³/mol. The molecule has 0 amide bonds. The van der Waals surface area contributed by atoms with Gasteiger partial charge in [-0.25, -0.2) is 21.2 Å². The Morgan fingerprint density at radius 2 is 1.21 bits per heavy atom. The van der Waals surface area contributed by atoms with E-state index < -0.39 is 36.0 Å². The lowest BCUT2D eigenvalue weighted by atomic mass is 9.99. The van der Waals surface area contributed by atoms with Crippen LogP contribution in [0.2, 0.25) is 0 Å². The Balaban J connectivity index is 2.09. The zero-order valence-corrected chi connectivity index (χ0v) is 17.4. The number of hydrogen-bond acceptors (Lipinski definition) is 4. The van der Waals surface area contributed by atoms with Gasteiger partial charge in [0.05, 0.1) is 9.79 Å². The van der Waals surface area contributed by atoms with Crippen molar-refractivity contribution in [3.05, 3.63) is 96.3 Å². The minimum absolute atomic E-state index is 0.0593. The minimum Gasteiger partial charge on any atom is -0.222 e. The van der Waals surface area contributed by atoms with E-state index >= 15 is 0 Å². The van der Waals surface area contributed by atoms with E-state index in [-0.39, 0.29) is 16.2 Å². The van der Waals surface area contributed by atoms with Gasteiger partial charge in [-0.3, -0.25) is 0 Å². The molecule has 0 aliphatic carbocycles. The number of hydrogen-bond donors (Lipinski definition) is 0. The first-order valence-corrected chi connectivity index (χ1v) is 12.2. The van der Waals surface area contributed by atoms with E-state index in [1.165, 1.54) is 42.5 Å². The molecule has 0 aliphatic heterocycles. The lowest BCUT2D eigenvalue weighted by molar-refractivity contribution is 0.558. The van der Waals surface area contributed by atoms with Crippen molar-refractivity contribution in [2.24, 2.45) is 0 Å². The first-order chi connectivity index (χ1) is 13.7. The molecule has 152 valence electrons. The summed E-state index contributed by atoms with van der Waals surface area (Å²) in [6, 6.07) is 20.8. The van der Waals surface area contributed by atoms with Gasteiger partial charge in [0, 0.05) is 0 Å². The highest BCUT2D eigenvalue weighted by molar-refractivity contribution is 8.09. The van der Waals surface area contributed by atoms with Crippen molar-refractivity contribution in [1.29, 1.82) is 0 Å². The van der Waals surface area contributed by atoms with Crippen molar-refractivity contribution in [3.8, 4) is 0 Å². The summed E-state index contributed by atoms with van der Waals surface area (Å²) in [4.78, 5) is -0.119. The Labute approximate surface area is 170 Å². The second-order valence-corrected chi connectivity index (χ2v) is 11.4. The smallest absolute Gasteiger partial charge is 0.195 e. The van der Waals surface area contributed by atoms with Gasteiger partial charge in [0.1, 0.15) is 5.82 Å². The average molecular weight is 433 g/mol. The Kier molecular flexibility index (Phi) is 6.19. The van der Waals surface area contributed by atoms with Gasteiger partial charge in [-0.05, 0) is 54.3 Å². The largest absolute Gasteiger partial charge is 0.222 e. The number of benzene rings is 3. The van der Waals surface area contributed by atoms with E-state index in [1.807, 2.05) is 0 Å². The van der Waals surface area contributed by atoms with Gasteiger partial charge in [-0.1, -0.05) is 55.5 Å². The van der Waals surface area contributed by atoms with E-state index in [1.54, 1.807) is 49.4 Å². The summed E-state index contributed by atoms with van der Waals surface area (Å²) in [6.45, 7) is 1.70. The molecule has 0 spiro atoms. The van der Waals surface area contributed by atoms with Gasteiger partial charge in [-0.2, -0.15) is 0 Å². The maximum absolute atomic E-state index is 13.6. The average Bonchev–Trinajstić information content (AvgIpc) is 2.73. The van der Waals surface area contributed by atoms with Crippen molar-refractivity contribution >= 4 is 19.7 Å². The summed E-state index contributed by atoms with van der Waals surface area (Å²) in [5, 5.41) is 0. The van der Waals surface area contributed by atoms with Crippen molar-refractivity contribution in [2.75, 3.05) is 0 Å². The monoisotopic (exact) mass is 432 g/mol. The van der Waals surface area contributed by atoms with Crippen LogP contribution in [0, 0.1) is 5.82 Å². The molecule has 0 fully saturated rings. The summed E-state index contributed by atoms with van der Waals surface area (Å²) in [5.74, 6) is -0.949. The molecule has 0 aromatic heterocycles. The van der Waals surface area contributed by atoms with Crippen LogP contribution < -0.4 is 0 Å². The van der Waals surface area contributed by atoms with Crippen LogP contribution in [-0.4, -0.2) is 21.4 Å². The Hall–Kier alpha value is -2.51. The maximum Gasteiger partial charge on any atom is 0.195 e.